The second-order valence-electron chi connectivity index (χ2n) is 18.8. The number of ether oxygens (including phenoxy) is 3. The van der Waals surface area contributed by atoms with E-state index < -0.39 is 6.10 Å². The Morgan fingerprint density at radius 3 is 0.940 bits per heavy atom. The molecule has 0 aromatic rings. The molecule has 0 saturated heterocycles. The van der Waals surface area contributed by atoms with Crippen LogP contribution in [0, 0.1) is 0 Å². The third kappa shape index (κ3) is 53.7. The normalized spacial score (nSPS) is 12.6. The molecule has 0 N–H and O–H groups in total. The molecule has 0 fully saturated rings. The maximum Gasteiger partial charge on any atom is 0.306 e. The molecule has 6 nitrogen and oxygen atoms in total. The van der Waals surface area contributed by atoms with Crippen molar-refractivity contribution in [1.29, 1.82) is 0 Å². The van der Waals surface area contributed by atoms with Crippen LogP contribution >= 0.6 is 0 Å². The maximum absolute atomic E-state index is 12.8. The standard InChI is InChI=1S/C61H106O6/c1-4-7-10-13-16-19-22-25-27-29-30-32-33-36-39-42-45-48-51-54-60(63)66-57-58(56-65-59(62)53-50-47-44-41-38-35-24-21-18-15-12-9-6-3)67-61(64)55-52-49-46-43-40-37-34-31-28-26-23-20-17-14-11-8-5-2/h8,11,16-17,19-20,25-28,34,37,58H,4-7,9-10,12-15,18,21-24,29-33,35-36,38-57H2,1-3H3/b11-8-,19-16-,20-17-,27-25-,28-26-,37-34-. The molecule has 0 aliphatic rings. The van der Waals surface area contributed by atoms with Crippen molar-refractivity contribution in [3.63, 3.8) is 0 Å². The lowest BCUT2D eigenvalue weighted by Crippen LogP contribution is -2.30. The molecule has 0 aliphatic carbocycles. The number of allylic oxidation sites excluding steroid dienone is 12. The van der Waals surface area contributed by atoms with Gasteiger partial charge in [-0.2, -0.15) is 0 Å². The van der Waals surface area contributed by atoms with Gasteiger partial charge in [-0.05, 0) is 89.9 Å². The zero-order valence-electron chi connectivity index (χ0n) is 44.2. The molecule has 67 heavy (non-hydrogen) atoms. The largest absolute Gasteiger partial charge is 0.462 e. The first-order valence-corrected chi connectivity index (χ1v) is 28.4. The lowest BCUT2D eigenvalue weighted by Gasteiger charge is -2.18. The van der Waals surface area contributed by atoms with Crippen molar-refractivity contribution in [3.05, 3.63) is 72.9 Å². The first-order valence-electron chi connectivity index (χ1n) is 28.4. The molecule has 0 rings (SSSR count). The van der Waals surface area contributed by atoms with Crippen LogP contribution in [0.15, 0.2) is 72.9 Å². The van der Waals surface area contributed by atoms with E-state index in [1.54, 1.807) is 0 Å². The molecule has 1 unspecified atom stereocenters. The Morgan fingerprint density at radius 2 is 0.582 bits per heavy atom. The van der Waals surface area contributed by atoms with E-state index in [0.29, 0.717) is 19.3 Å². The average molecular weight is 936 g/mol. The van der Waals surface area contributed by atoms with Crippen molar-refractivity contribution in [3.8, 4) is 0 Å². The number of esters is 3. The van der Waals surface area contributed by atoms with Gasteiger partial charge in [-0.25, -0.2) is 0 Å². The van der Waals surface area contributed by atoms with Crippen LogP contribution in [0.25, 0.3) is 0 Å². The van der Waals surface area contributed by atoms with Gasteiger partial charge in [0.1, 0.15) is 13.2 Å². The van der Waals surface area contributed by atoms with E-state index in [1.165, 1.54) is 135 Å². The smallest absolute Gasteiger partial charge is 0.306 e. The zero-order valence-corrected chi connectivity index (χ0v) is 44.2. The van der Waals surface area contributed by atoms with Gasteiger partial charge in [-0.15, -0.1) is 0 Å². The second kappa shape index (κ2) is 55.4. The first-order chi connectivity index (χ1) is 33.0. The van der Waals surface area contributed by atoms with Crippen LogP contribution < -0.4 is 0 Å². The van der Waals surface area contributed by atoms with Gasteiger partial charge in [0.2, 0.25) is 0 Å². The Labute approximate surface area is 414 Å². The molecule has 0 heterocycles. The van der Waals surface area contributed by atoms with Crippen molar-refractivity contribution in [2.75, 3.05) is 13.2 Å². The van der Waals surface area contributed by atoms with E-state index in [9.17, 15) is 14.4 Å². The van der Waals surface area contributed by atoms with Crippen LogP contribution in [-0.2, 0) is 28.6 Å². The summed E-state index contributed by atoms with van der Waals surface area (Å²) in [5, 5.41) is 0. The topological polar surface area (TPSA) is 78.9 Å². The molecule has 6 heteroatoms. The summed E-state index contributed by atoms with van der Waals surface area (Å²) in [6.45, 7) is 6.50. The van der Waals surface area contributed by atoms with Crippen molar-refractivity contribution >= 4 is 17.9 Å². The molecule has 0 bridgehead atoms. The summed E-state index contributed by atoms with van der Waals surface area (Å²) in [6, 6.07) is 0. The lowest BCUT2D eigenvalue weighted by atomic mass is 10.0. The fraction of sp³-hybridized carbons (Fsp3) is 0.754. The molecule has 386 valence electrons. The Bertz CT molecular complexity index is 1260. The van der Waals surface area contributed by atoms with Gasteiger partial charge in [0.15, 0.2) is 6.10 Å². The van der Waals surface area contributed by atoms with E-state index in [1.807, 2.05) is 0 Å². The first kappa shape index (κ1) is 63.8. The number of unbranched alkanes of at least 4 members (excludes halogenated alkanes) is 28. The minimum atomic E-state index is -0.788. The second-order valence-corrected chi connectivity index (χ2v) is 18.8. The van der Waals surface area contributed by atoms with Crippen molar-refractivity contribution < 1.29 is 28.6 Å². The molecule has 0 spiro atoms. The molecule has 0 aromatic heterocycles. The van der Waals surface area contributed by atoms with Gasteiger partial charge < -0.3 is 14.2 Å². The van der Waals surface area contributed by atoms with Crippen LogP contribution in [0.3, 0.4) is 0 Å². The molecule has 0 saturated carbocycles. The zero-order chi connectivity index (χ0) is 48.6. The number of carbonyl (C=O) groups is 3. The van der Waals surface area contributed by atoms with Gasteiger partial charge in [0.05, 0.1) is 0 Å². The summed E-state index contributed by atoms with van der Waals surface area (Å²) < 4.78 is 16.8. The van der Waals surface area contributed by atoms with Crippen LogP contribution in [0.2, 0.25) is 0 Å². The summed E-state index contributed by atoms with van der Waals surface area (Å²) in [5.74, 6) is -0.904. The van der Waals surface area contributed by atoms with Crippen LogP contribution in [-0.4, -0.2) is 37.2 Å². The highest BCUT2D eigenvalue weighted by Crippen LogP contribution is 2.15. The van der Waals surface area contributed by atoms with Crippen LogP contribution in [0.4, 0.5) is 0 Å². The molecule has 1 atom stereocenters. The molecule has 0 radical (unpaired) electrons. The van der Waals surface area contributed by atoms with E-state index in [0.717, 1.165) is 103 Å². The van der Waals surface area contributed by atoms with Crippen LogP contribution in [0.5, 0.6) is 0 Å². The van der Waals surface area contributed by atoms with Gasteiger partial charge in [0, 0.05) is 19.3 Å². The monoisotopic (exact) mass is 935 g/mol. The van der Waals surface area contributed by atoms with E-state index in [4.69, 9.17) is 14.2 Å². The highest BCUT2D eigenvalue weighted by Gasteiger charge is 2.19. The van der Waals surface area contributed by atoms with Crippen LogP contribution in [0.1, 0.15) is 278 Å². The summed E-state index contributed by atoms with van der Waals surface area (Å²) in [6.07, 6.45) is 70.3. The molecule has 0 aliphatic heterocycles. The Hall–Kier alpha value is -3.15. The third-order valence-electron chi connectivity index (χ3n) is 12.2. The predicted molar refractivity (Wildman–Crippen MR) is 288 cm³/mol. The van der Waals surface area contributed by atoms with Crippen molar-refractivity contribution in [1.82, 2.24) is 0 Å². The quantitative estimate of drug-likeness (QED) is 0.0262. The number of hydrogen-bond acceptors (Lipinski definition) is 6. The summed E-state index contributed by atoms with van der Waals surface area (Å²) in [4.78, 5) is 38.1. The van der Waals surface area contributed by atoms with Gasteiger partial charge in [-0.3, -0.25) is 14.4 Å². The van der Waals surface area contributed by atoms with Gasteiger partial charge >= 0.3 is 17.9 Å². The highest BCUT2D eigenvalue weighted by atomic mass is 16.6. The minimum Gasteiger partial charge on any atom is -0.462 e. The van der Waals surface area contributed by atoms with Crippen molar-refractivity contribution in [2.45, 2.75) is 284 Å². The summed E-state index contributed by atoms with van der Waals surface area (Å²) in [5.41, 5.74) is 0. The summed E-state index contributed by atoms with van der Waals surface area (Å²) >= 11 is 0. The Morgan fingerprint density at radius 1 is 0.313 bits per heavy atom. The number of rotatable bonds is 51. The van der Waals surface area contributed by atoms with E-state index in [-0.39, 0.29) is 31.1 Å². The minimum absolute atomic E-state index is 0.0846. The average Bonchev–Trinajstić information content (AvgIpc) is 3.33. The lowest BCUT2D eigenvalue weighted by molar-refractivity contribution is -0.167. The van der Waals surface area contributed by atoms with Crippen molar-refractivity contribution in [2.24, 2.45) is 0 Å². The molecule has 0 amide bonds. The number of hydrogen-bond donors (Lipinski definition) is 0. The fourth-order valence-electron chi connectivity index (χ4n) is 7.93. The molecule has 0 aromatic carbocycles. The Kier molecular flexibility index (Phi) is 52.8. The van der Waals surface area contributed by atoms with E-state index in [2.05, 4.69) is 93.7 Å². The van der Waals surface area contributed by atoms with Gasteiger partial charge in [0.25, 0.3) is 0 Å². The highest BCUT2D eigenvalue weighted by molar-refractivity contribution is 5.71. The van der Waals surface area contributed by atoms with Gasteiger partial charge in [-0.1, -0.05) is 241 Å². The molecular weight excluding hydrogens is 829 g/mol. The Balaban J connectivity index is 4.40. The molecular formula is C61H106O6. The van der Waals surface area contributed by atoms with E-state index >= 15 is 0 Å². The SMILES string of the molecule is CC/C=C\C/C=C\C/C=C\C/C=C\CCCCCCC(=O)OC(COC(=O)CCCCCCCCCCC/C=C\C/C=C\CCCCC)COC(=O)CCCCCCCCCCCCCCC. The number of carbonyl (C=O) groups excluding carboxylic acids is 3. The fourth-order valence-corrected chi connectivity index (χ4v) is 7.93. The summed E-state index contributed by atoms with van der Waals surface area (Å²) in [7, 11) is 0. The third-order valence-corrected chi connectivity index (χ3v) is 12.2. The maximum atomic E-state index is 12.8. The predicted octanol–water partition coefficient (Wildman–Crippen LogP) is 19.0.